The third-order valence-corrected chi connectivity index (χ3v) is 4.09. The minimum absolute atomic E-state index is 0.357. The van der Waals surface area contributed by atoms with Crippen molar-refractivity contribution in [2.45, 2.75) is 32.2 Å². The lowest BCUT2D eigenvalue weighted by molar-refractivity contribution is 0.223. The first-order valence-corrected chi connectivity index (χ1v) is 8.00. The first-order chi connectivity index (χ1) is 9.72. The number of imidazole rings is 1. The second-order valence-corrected chi connectivity index (χ2v) is 6.29. The summed E-state index contributed by atoms with van der Waals surface area (Å²) < 4.78 is 2.79. The summed E-state index contributed by atoms with van der Waals surface area (Å²) in [4.78, 5) is 11.4. The van der Waals surface area contributed by atoms with Crippen LogP contribution in [0.4, 0.5) is 5.82 Å². The first-order valence-electron chi connectivity index (χ1n) is 7.20. The molecule has 0 aliphatic carbocycles. The van der Waals surface area contributed by atoms with E-state index in [4.69, 9.17) is 0 Å². The zero-order chi connectivity index (χ0) is 13.9. The molecule has 1 aliphatic heterocycles. The van der Waals surface area contributed by atoms with E-state index in [1.807, 2.05) is 16.8 Å². The molecule has 2 aromatic rings. The lowest BCUT2D eigenvalue weighted by atomic mass is 10.1. The Labute approximate surface area is 127 Å². The van der Waals surface area contributed by atoms with Crippen LogP contribution in [-0.4, -0.2) is 44.9 Å². The molecule has 0 saturated carbocycles. The molecular weight excluding hydrogens is 318 g/mol. The highest BCUT2D eigenvalue weighted by Gasteiger charge is 2.15. The van der Waals surface area contributed by atoms with Gasteiger partial charge in [0.25, 0.3) is 0 Å². The van der Waals surface area contributed by atoms with Gasteiger partial charge in [-0.05, 0) is 48.8 Å². The Bertz CT molecular complexity index is 576. The van der Waals surface area contributed by atoms with Crippen LogP contribution < -0.4 is 5.32 Å². The van der Waals surface area contributed by atoms with Crippen LogP contribution in [0.2, 0.25) is 0 Å². The Hall–Kier alpha value is -1.14. The molecule has 20 heavy (non-hydrogen) atoms. The van der Waals surface area contributed by atoms with Gasteiger partial charge in [0.1, 0.15) is 4.60 Å². The molecule has 1 aliphatic rings. The van der Waals surface area contributed by atoms with Crippen LogP contribution in [0.5, 0.6) is 0 Å². The predicted octanol–water partition coefficient (Wildman–Crippen LogP) is 2.78. The fourth-order valence-electron chi connectivity index (χ4n) is 2.81. The van der Waals surface area contributed by atoms with Crippen molar-refractivity contribution in [2.75, 3.05) is 25.0 Å². The Morgan fingerprint density at radius 3 is 2.95 bits per heavy atom. The van der Waals surface area contributed by atoms with Crippen molar-refractivity contribution < 1.29 is 0 Å². The highest BCUT2D eigenvalue weighted by Crippen LogP contribution is 2.18. The van der Waals surface area contributed by atoms with Crippen molar-refractivity contribution in [2.24, 2.45) is 0 Å². The fourth-order valence-corrected chi connectivity index (χ4v) is 3.20. The van der Waals surface area contributed by atoms with Gasteiger partial charge in [0.05, 0.1) is 0 Å². The molecule has 0 spiro atoms. The molecular formula is C14H20BrN5. The monoisotopic (exact) mass is 337 g/mol. The minimum Gasteiger partial charge on any atom is -0.363 e. The van der Waals surface area contributed by atoms with Crippen LogP contribution in [0.1, 0.15) is 26.2 Å². The second kappa shape index (κ2) is 6.10. The second-order valence-electron chi connectivity index (χ2n) is 5.48. The Kier molecular flexibility index (Phi) is 4.21. The van der Waals surface area contributed by atoms with E-state index in [0.29, 0.717) is 6.04 Å². The molecule has 1 fully saturated rings. The predicted molar refractivity (Wildman–Crippen MR) is 84.1 cm³/mol. The van der Waals surface area contributed by atoms with Gasteiger partial charge >= 0.3 is 0 Å². The van der Waals surface area contributed by atoms with Gasteiger partial charge in [-0.25, -0.2) is 9.97 Å². The molecule has 1 unspecified atom stereocenters. The highest BCUT2D eigenvalue weighted by atomic mass is 79.9. The van der Waals surface area contributed by atoms with Crippen LogP contribution in [0.3, 0.4) is 0 Å². The molecule has 3 heterocycles. The number of nitrogens with zero attached hydrogens (tertiary/aromatic N) is 4. The van der Waals surface area contributed by atoms with Crippen LogP contribution in [0.25, 0.3) is 5.65 Å². The molecule has 1 saturated heterocycles. The summed E-state index contributed by atoms with van der Waals surface area (Å²) >= 11 is 3.45. The van der Waals surface area contributed by atoms with E-state index in [-0.39, 0.29) is 0 Å². The van der Waals surface area contributed by atoms with Gasteiger partial charge in [-0.15, -0.1) is 0 Å². The molecule has 0 aromatic carbocycles. The van der Waals surface area contributed by atoms with E-state index in [9.17, 15) is 0 Å². The summed E-state index contributed by atoms with van der Waals surface area (Å²) in [6.07, 6.45) is 9.67. The Morgan fingerprint density at radius 1 is 1.35 bits per heavy atom. The standard InChI is InChI=1S/C14H20BrN5/c1-11(9-19-6-3-2-4-7-19)17-13-14-16-5-8-20(14)10-12(15)18-13/h5,8,10-11H,2-4,6-7,9H2,1H3,(H,17,18). The van der Waals surface area contributed by atoms with Gasteiger partial charge in [0.2, 0.25) is 0 Å². The number of piperidine rings is 1. The maximum Gasteiger partial charge on any atom is 0.180 e. The van der Waals surface area contributed by atoms with Crippen molar-refractivity contribution >= 4 is 27.4 Å². The van der Waals surface area contributed by atoms with E-state index >= 15 is 0 Å². The summed E-state index contributed by atoms with van der Waals surface area (Å²) in [5.41, 5.74) is 0.874. The van der Waals surface area contributed by atoms with Crippen LogP contribution >= 0.6 is 15.9 Å². The summed E-state index contributed by atoms with van der Waals surface area (Å²) in [5, 5.41) is 3.49. The van der Waals surface area contributed by atoms with Crippen LogP contribution in [-0.2, 0) is 0 Å². The number of anilines is 1. The number of fused-ring (bicyclic) bond motifs is 1. The maximum absolute atomic E-state index is 4.51. The number of rotatable bonds is 4. The van der Waals surface area contributed by atoms with E-state index in [1.165, 1.54) is 32.4 Å². The van der Waals surface area contributed by atoms with Gasteiger partial charge in [-0.2, -0.15) is 0 Å². The summed E-state index contributed by atoms with van der Waals surface area (Å²) in [6, 6.07) is 0.357. The van der Waals surface area contributed by atoms with Crippen LogP contribution in [0, 0.1) is 0 Å². The molecule has 5 nitrogen and oxygen atoms in total. The van der Waals surface area contributed by atoms with Crippen molar-refractivity contribution in [1.82, 2.24) is 19.3 Å². The normalized spacial score (nSPS) is 18.3. The Balaban J connectivity index is 1.70. The zero-order valence-corrected chi connectivity index (χ0v) is 13.3. The van der Waals surface area contributed by atoms with Crippen molar-refractivity contribution in [3.8, 4) is 0 Å². The van der Waals surface area contributed by atoms with E-state index in [0.717, 1.165) is 22.6 Å². The third-order valence-electron chi connectivity index (χ3n) is 3.71. The summed E-state index contributed by atoms with van der Waals surface area (Å²) in [7, 11) is 0. The first kappa shape index (κ1) is 13.8. The fraction of sp³-hybridized carbons (Fsp3) is 0.571. The number of likely N-dealkylation sites (tertiary alicyclic amines) is 1. The minimum atomic E-state index is 0.357. The molecule has 1 atom stereocenters. The average Bonchev–Trinajstić information content (AvgIpc) is 2.88. The number of halogens is 1. The van der Waals surface area contributed by atoms with Crippen molar-refractivity contribution in [3.05, 3.63) is 23.2 Å². The van der Waals surface area contributed by atoms with Gasteiger partial charge in [0.15, 0.2) is 11.5 Å². The third kappa shape index (κ3) is 3.12. The molecule has 108 valence electrons. The van der Waals surface area contributed by atoms with E-state index in [2.05, 4.69) is 43.0 Å². The summed E-state index contributed by atoms with van der Waals surface area (Å²) in [6.45, 7) is 5.70. The zero-order valence-electron chi connectivity index (χ0n) is 11.7. The Morgan fingerprint density at radius 2 is 2.15 bits per heavy atom. The number of hydrogen-bond acceptors (Lipinski definition) is 4. The van der Waals surface area contributed by atoms with E-state index < -0.39 is 0 Å². The van der Waals surface area contributed by atoms with Gasteiger partial charge in [-0.1, -0.05) is 6.42 Å². The molecule has 1 N–H and O–H groups in total. The quantitative estimate of drug-likeness (QED) is 0.931. The number of aromatic nitrogens is 3. The highest BCUT2D eigenvalue weighted by molar-refractivity contribution is 9.10. The molecule has 0 radical (unpaired) electrons. The number of nitrogens with one attached hydrogen (secondary N) is 1. The van der Waals surface area contributed by atoms with Gasteiger partial charge in [0, 0.05) is 31.2 Å². The van der Waals surface area contributed by atoms with Crippen molar-refractivity contribution in [3.63, 3.8) is 0 Å². The molecule has 2 aromatic heterocycles. The average molecular weight is 338 g/mol. The lowest BCUT2D eigenvalue weighted by Gasteiger charge is -2.29. The molecule has 0 amide bonds. The lowest BCUT2D eigenvalue weighted by Crippen LogP contribution is -2.38. The van der Waals surface area contributed by atoms with Crippen LogP contribution in [0.15, 0.2) is 23.2 Å². The maximum atomic E-state index is 4.51. The summed E-state index contributed by atoms with van der Waals surface area (Å²) in [5.74, 6) is 0.842. The molecule has 0 bridgehead atoms. The van der Waals surface area contributed by atoms with Gasteiger partial charge < -0.3 is 14.6 Å². The number of hydrogen-bond donors (Lipinski definition) is 1. The molecule has 6 heteroatoms. The van der Waals surface area contributed by atoms with Crippen molar-refractivity contribution in [1.29, 1.82) is 0 Å². The van der Waals surface area contributed by atoms with E-state index in [1.54, 1.807) is 6.20 Å². The smallest absolute Gasteiger partial charge is 0.180 e. The SMILES string of the molecule is CC(CN1CCCCC1)Nc1nc(Br)cn2ccnc12. The largest absolute Gasteiger partial charge is 0.363 e. The van der Waals surface area contributed by atoms with Gasteiger partial charge in [-0.3, -0.25) is 0 Å². The molecule has 3 rings (SSSR count). The topological polar surface area (TPSA) is 45.5 Å².